The van der Waals surface area contributed by atoms with E-state index in [-0.39, 0.29) is 17.4 Å². The molecule has 3 aliphatic heterocycles. The van der Waals surface area contributed by atoms with Crippen molar-refractivity contribution >= 4 is 11.8 Å². The molecule has 1 aliphatic carbocycles. The van der Waals surface area contributed by atoms with Gasteiger partial charge in [-0.15, -0.1) is 0 Å². The minimum atomic E-state index is -0.329. The molecule has 1 N–H and O–H groups in total. The topological polar surface area (TPSA) is 72.5 Å². The Morgan fingerprint density at radius 3 is 2.50 bits per heavy atom. The number of carbonyl (C=O) groups excluding carboxylic acids is 2. The summed E-state index contributed by atoms with van der Waals surface area (Å²) in [4.78, 5) is 40.4. The van der Waals surface area contributed by atoms with Gasteiger partial charge in [-0.05, 0) is 51.6 Å². The van der Waals surface area contributed by atoms with Crippen molar-refractivity contribution in [1.29, 1.82) is 0 Å². The minimum Gasteiger partial charge on any atom is -0.348 e. The summed E-state index contributed by atoms with van der Waals surface area (Å²) in [6.07, 6.45) is 9.86. The fraction of sp³-hybridized carbons (Fsp3) is 0.762. The largest absolute Gasteiger partial charge is 0.348 e. The molecule has 2 amide bonds. The fourth-order valence-electron chi connectivity index (χ4n) is 5.54. The van der Waals surface area contributed by atoms with Gasteiger partial charge in [-0.3, -0.25) is 14.5 Å². The second-order valence-electron chi connectivity index (χ2n) is 8.99. The van der Waals surface area contributed by atoms with Gasteiger partial charge in [0.1, 0.15) is 0 Å². The molecular formula is C21H31N5O2. The predicted octanol–water partition coefficient (Wildman–Crippen LogP) is 1.51. The number of fused-ring (bicyclic) bond motifs is 2. The van der Waals surface area contributed by atoms with E-state index in [0.29, 0.717) is 25.5 Å². The smallest absolute Gasteiger partial charge is 0.236 e. The van der Waals surface area contributed by atoms with Gasteiger partial charge in [0.2, 0.25) is 11.8 Å². The molecule has 1 aromatic heterocycles. The second-order valence-corrected chi connectivity index (χ2v) is 8.99. The highest BCUT2D eigenvalue weighted by molar-refractivity contribution is 5.81. The number of nitrogens with zero attached hydrogens (tertiary/aromatic N) is 4. The first-order valence-electron chi connectivity index (χ1n) is 11.0. The lowest BCUT2D eigenvalue weighted by Gasteiger charge is -2.52. The number of hydrogen-bond donors (Lipinski definition) is 1. The zero-order chi connectivity index (χ0) is 19.1. The normalized spacial score (nSPS) is 25.0. The van der Waals surface area contributed by atoms with Crippen LogP contribution < -0.4 is 0 Å². The molecule has 28 heavy (non-hydrogen) atoms. The van der Waals surface area contributed by atoms with Crippen molar-refractivity contribution in [3.63, 3.8) is 0 Å². The Kier molecular flexibility index (Phi) is 4.65. The summed E-state index contributed by atoms with van der Waals surface area (Å²) in [6.45, 7) is 4.84. The van der Waals surface area contributed by atoms with Crippen LogP contribution in [0, 0.1) is 5.92 Å². The number of hydrogen-bond acceptors (Lipinski definition) is 4. The average Bonchev–Trinajstić information content (AvgIpc) is 3.33. The summed E-state index contributed by atoms with van der Waals surface area (Å²) < 4.78 is 0. The molecule has 7 heteroatoms. The SMILES string of the molecule is O=C(CN1CCCC1)N1CCC2(CC1)c1nc[nH]c1CCN2C(=O)C1CCC1. The zero-order valence-corrected chi connectivity index (χ0v) is 16.7. The van der Waals surface area contributed by atoms with Crippen molar-refractivity contribution in [3.8, 4) is 0 Å². The van der Waals surface area contributed by atoms with Gasteiger partial charge in [0.25, 0.3) is 0 Å². The van der Waals surface area contributed by atoms with Crippen molar-refractivity contribution < 1.29 is 9.59 Å². The van der Waals surface area contributed by atoms with E-state index in [4.69, 9.17) is 0 Å². The Bertz CT molecular complexity index is 742. The number of H-pyrrole nitrogens is 1. The summed E-state index contributed by atoms with van der Waals surface area (Å²) in [6, 6.07) is 0. The number of likely N-dealkylation sites (tertiary alicyclic amines) is 2. The molecule has 4 aliphatic rings. The van der Waals surface area contributed by atoms with Crippen LogP contribution in [0.2, 0.25) is 0 Å². The van der Waals surface area contributed by atoms with Crippen LogP contribution in [-0.2, 0) is 21.5 Å². The van der Waals surface area contributed by atoms with Crippen molar-refractivity contribution in [2.45, 2.75) is 56.9 Å². The van der Waals surface area contributed by atoms with Gasteiger partial charge in [0.05, 0.1) is 24.1 Å². The number of rotatable bonds is 3. The molecule has 0 bridgehead atoms. The van der Waals surface area contributed by atoms with E-state index in [1.54, 1.807) is 6.33 Å². The summed E-state index contributed by atoms with van der Waals surface area (Å²) in [5, 5.41) is 0. The van der Waals surface area contributed by atoms with Gasteiger partial charge < -0.3 is 14.8 Å². The maximum Gasteiger partial charge on any atom is 0.236 e. The van der Waals surface area contributed by atoms with E-state index in [2.05, 4.69) is 19.8 Å². The van der Waals surface area contributed by atoms with Crippen molar-refractivity contribution in [2.75, 3.05) is 39.3 Å². The molecule has 0 atom stereocenters. The number of imidazole rings is 1. The molecular weight excluding hydrogens is 354 g/mol. The van der Waals surface area contributed by atoms with Crippen LogP contribution in [0.5, 0.6) is 0 Å². The van der Waals surface area contributed by atoms with Crippen LogP contribution in [0.25, 0.3) is 0 Å². The highest BCUT2D eigenvalue weighted by Crippen LogP contribution is 2.44. The predicted molar refractivity (Wildman–Crippen MR) is 105 cm³/mol. The first-order valence-corrected chi connectivity index (χ1v) is 11.0. The standard InChI is InChI=1S/C21H31N5O2/c27-18(14-24-9-1-2-10-24)25-12-7-21(8-13-25)19-17(22-15-23-19)6-11-26(21)20(28)16-4-3-5-16/h15-16H,1-14H2,(H,22,23). The Morgan fingerprint density at radius 2 is 1.82 bits per heavy atom. The number of aromatic nitrogens is 2. The number of piperidine rings is 1. The highest BCUT2D eigenvalue weighted by Gasteiger charge is 2.50. The Balaban J connectivity index is 1.33. The second kappa shape index (κ2) is 7.17. The summed E-state index contributed by atoms with van der Waals surface area (Å²) in [5.74, 6) is 0.760. The van der Waals surface area contributed by atoms with Crippen molar-refractivity contribution in [3.05, 3.63) is 17.7 Å². The highest BCUT2D eigenvalue weighted by atomic mass is 16.2. The van der Waals surface area contributed by atoms with Gasteiger partial charge >= 0.3 is 0 Å². The third-order valence-corrected chi connectivity index (χ3v) is 7.48. The summed E-state index contributed by atoms with van der Waals surface area (Å²) in [7, 11) is 0. The number of carbonyl (C=O) groups is 2. The Hall–Kier alpha value is -1.89. The van der Waals surface area contributed by atoms with Gasteiger partial charge in [-0.1, -0.05) is 6.42 Å². The molecule has 4 heterocycles. The number of nitrogens with one attached hydrogen (secondary N) is 1. The Morgan fingerprint density at radius 1 is 1.07 bits per heavy atom. The Labute approximate surface area is 166 Å². The first kappa shape index (κ1) is 18.2. The molecule has 3 fully saturated rings. The average molecular weight is 386 g/mol. The van der Waals surface area contributed by atoms with E-state index in [9.17, 15) is 9.59 Å². The molecule has 1 spiro atoms. The van der Waals surface area contributed by atoms with E-state index in [1.807, 2.05) is 4.90 Å². The maximum absolute atomic E-state index is 13.2. The molecule has 152 valence electrons. The van der Waals surface area contributed by atoms with Crippen LogP contribution >= 0.6 is 0 Å². The molecule has 0 unspecified atom stereocenters. The zero-order valence-electron chi connectivity index (χ0n) is 16.7. The van der Waals surface area contributed by atoms with Gasteiger partial charge in [-0.2, -0.15) is 0 Å². The quantitative estimate of drug-likeness (QED) is 0.856. The van der Waals surface area contributed by atoms with E-state index >= 15 is 0 Å². The fourth-order valence-corrected chi connectivity index (χ4v) is 5.54. The monoisotopic (exact) mass is 385 g/mol. The molecule has 5 rings (SSSR count). The van der Waals surface area contributed by atoms with Crippen molar-refractivity contribution in [2.24, 2.45) is 5.92 Å². The molecule has 2 saturated heterocycles. The lowest BCUT2D eigenvalue weighted by atomic mass is 9.76. The third-order valence-electron chi connectivity index (χ3n) is 7.48. The summed E-state index contributed by atoms with van der Waals surface area (Å²) >= 11 is 0. The van der Waals surface area contributed by atoms with Gasteiger partial charge in [-0.25, -0.2) is 4.98 Å². The van der Waals surface area contributed by atoms with Crippen LogP contribution in [-0.4, -0.2) is 75.8 Å². The summed E-state index contributed by atoms with van der Waals surface area (Å²) in [5.41, 5.74) is 1.90. The first-order chi connectivity index (χ1) is 13.7. The molecule has 0 aromatic carbocycles. The molecule has 1 aromatic rings. The van der Waals surface area contributed by atoms with Crippen LogP contribution in [0.3, 0.4) is 0 Å². The lowest BCUT2D eigenvalue weighted by Crippen LogP contribution is -2.60. The van der Waals surface area contributed by atoms with Crippen LogP contribution in [0.4, 0.5) is 0 Å². The molecule has 1 saturated carbocycles. The maximum atomic E-state index is 13.2. The lowest BCUT2D eigenvalue weighted by molar-refractivity contribution is -0.150. The van der Waals surface area contributed by atoms with E-state index < -0.39 is 0 Å². The van der Waals surface area contributed by atoms with Gasteiger partial charge in [0, 0.05) is 37.7 Å². The van der Waals surface area contributed by atoms with Crippen LogP contribution in [0.15, 0.2) is 6.33 Å². The van der Waals surface area contributed by atoms with Crippen molar-refractivity contribution in [1.82, 2.24) is 24.7 Å². The number of amides is 2. The third kappa shape index (κ3) is 2.95. The van der Waals surface area contributed by atoms with Crippen LogP contribution in [0.1, 0.15) is 56.3 Å². The number of aromatic amines is 1. The van der Waals surface area contributed by atoms with Gasteiger partial charge in [0.15, 0.2) is 0 Å². The molecule has 0 radical (unpaired) electrons. The minimum absolute atomic E-state index is 0.201. The van der Waals surface area contributed by atoms with E-state index in [1.165, 1.54) is 25.0 Å². The molecule has 7 nitrogen and oxygen atoms in total. The van der Waals surface area contributed by atoms with E-state index in [0.717, 1.165) is 57.4 Å².